The molecule has 53 valence electrons. The van der Waals surface area contributed by atoms with Crippen LogP contribution in [-0.2, 0) is 39.8 Å². The van der Waals surface area contributed by atoms with Crippen LogP contribution in [0.4, 0.5) is 0 Å². The average molecular weight is 221 g/mol. The predicted octanol–water partition coefficient (Wildman–Crippen LogP) is 0.766. The van der Waals surface area contributed by atoms with Gasteiger partial charge in [0.05, 0.1) is 0 Å². The van der Waals surface area contributed by atoms with Gasteiger partial charge in [-0.2, -0.15) is 0 Å². The molecule has 2 aromatic heterocycles. The second-order valence-electron chi connectivity index (χ2n) is 2.18. The fourth-order valence-electron chi connectivity index (χ4n) is 0.960. The molecule has 0 saturated carbocycles. The van der Waals surface area contributed by atoms with Gasteiger partial charge in [-0.15, -0.1) is 0 Å². The molecular weight excluding hydrogens is 215 g/mol. The molecule has 11 heavy (non-hydrogen) atoms. The van der Waals surface area contributed by atoms with Gasteiger partial charge in [0.2, 0.25) is 0 Å². The van der Waals surface area contributed by atoms with Crippen molar-refractivity contribution in [3.05, 3.63) is 24.8 Å². The molecule has 2 aromatic rings. The van der Waals surface area contributed by atoms with Crippen LogP contribution in [-0.4, -0.2) is 14.5 Å². The first-order valence-corrected chi connectivity index (χ1v) is 3.02. The molecule has 0 bridgehead atoms. The summed E-state index contributed by atoms with van der Waals surface area (Å²) in [6.45, 7) is 0. The molecule has 0 saturated heterocycles. The SMILES string of the molecule is Cn1ccc2cn[c-]nc21.[Y]. The van der Waals surface area contributed by atoms with Gasteiger partial charge < -0.3 is 14.5 Å². The van der Waals surface area contributed by atoms with Gasteiger partial charge in [0.25, 0.3) is 0 Å². The van der Waals surface area contributed by atoms with E-state index in [1.165, 1.54) is 0 Å². The van der Waals surface area contributed by atoms with Crippen LogP contribution in [0.15, 0.2) is 18.5 Å². The van der Waals surface area contributed by atoms with Gasteiger partial charge in [-0.1, -0.05) is 17.6 Å². The molecule has 0 aliphatic rings. The Kier molecular flexibility index (Phi) is 2.74. The quantitative estimate of drug-likeness (QED) is 0.615. The largest absolute Gasteiger partial charge is 0.388 e. The molecular formula is C7H6N3Y-. The van der Waals surface area contributed by atoms with Crippen molar-refractivity contribution < 1.29 is 32.7 Å². The van der Waals surface area contributed by atoms with Crippen LogP contribution in [0, 0.1) is 6.33 Å². The van der Waals surface area contributed by atoms with Gasteiger partial charge >= 0.3 is 0 Å². The maximum absolute atomic E-state index is 3.97. The standard InChI is InChI=1S/C7H6N3.Y/c1-10-3-2-6-4-8-5-9-7(6)10;/h2-4H,1H3;/q-1;. The van der Waals surface area contributed by atoms with Crippen molar-refractivity contribution in [2.75, 3.05) is 0 Å². The van der Waals surface area contributed by atoms with E-state index in [1.54, 1.807) is 6.20 Å². The van der Waals surface area contributed by atoms with Gasteiger partial charge in [-0.05, 0) is 13.2 Å². The zero-order chi connectivity index (χ0) is 6.97. The topological polar surface area (TPSA) is 30.7 Å². The predicted molar refractivity (Wildman–Crippen MR) is 37.3 cm³/mol. The summed E-state index contributed by atoms with van der Waals surface area (Å²) in [5.41, 5.74) is 0.926. The van der Waals surface area contributed by atoms with Crippen LogP contribution < -0.4 is 0 Å². The first-order valence-electron chi connectivity index (χ1n) is 3.02. The number of hydrogen-bond donors (Lipinski definition) is 0. The van der Waals surface area contributed by atoms with Crippen LogP contribution in [0.3, 0.4) is 0 Å². The normalized spacial score (nSPS) is 9.55. The van der Waals surface area contributed by atoms with Gasteiger partial charge in [0, 0.05) is 44.7 Å². The van der Waals surface area contributed by atoms with Crippen molar-refractivity contribution in [1.29, 1.82) is 0 Å². The van der Waals surface area contributed by atoms with E-state index in [0.717, 1.165) is 11.0 Å². The van der Waals surface area contributed by atoms with E-state index in [2.05, 4.69) is 16.3 Å². The number of nitrogens with zero attached hydrogens (tertiary/aromatic N) is 3. The third-order valence-corrected chi connectivity index (χ3v) is 1.49. The molecule has 1 radical (unpaired) electrons. The first kappa shape index (κ1) is 8.82. The molecule has 3 nitrogen and oxygen atoms in total. The van der Waals surface area contributed by atoms with Crippen LogP contribution >= 0.6 is 0 Å². The summed E-state index contributed by atoms with van der Waals surface area (Å²) < 4.78 is 1.94. The fraction of sp³-hybridized carbons (Fsp3) is 0.143. The minimum absolute atomic E-state index is 0. The minimum Gasteiger partial charge on any atom is -0.388 e. The van der Waals surface area contributed by atoms with Gasteiger partial charge in [-0.3, -0.25) is 0 Å². The Morgan fingerprint density at radius 1 is 1.55 bits per heavy atom. The van der Waals surface area contributed by atoms with Crippen molar-refractivity contribution >= 4 is 11.0 Å². The molecule has 0 amide bonds. The Bertz CT molecular complexity index is 355. The number of rotatable bonds is 0. The number of aryl methyl sites for hydroxylation is 1. The zero-order valence-corrected chi connectivity index (χ0v) is 8.99. The molecule has 4 heteroatoms. The monoisotopic (exact) mass is 221 g/mol. The van der Waals surface area contributed by atoms with Crippen molar-refractivity contribution in [3.8, 4) is 0 Å². The van der Waals surface area contributed by atoms with E-state index in [1.807, 2.05) is 23.9 Å². The molecule has 2 heterocycles. The van der Waals surface area contributed by atoms with Crippen molar-refractivity contribution in [2.24, 2.45) is 7.05 Å². The van der Waals surface area contributed by atoms with Crippen LogP contribution in [0.25, 0.3) is 11.0 Å². The smallest absolute Gasteiger partial charge is 0.0281 e. The Balaban J connectivity index is 0.000000605. The van der Waals surface area contributed by atoms with E-state index >= 15 is 0 Å². The van der Waals surface area contributed by atoms with Gasteiger partial charge in [0.1, 0.15) is 0 Å². The van der Waals surface area contributed by atoms with Gasteiger partial charge in [-0.25, -0.2) is 0 Å². The third-order valence-electron chi connectivity index (χ3n) is 1.49. The Morgan fingerprint density at radius 3 is 3.09 bits per heavy atom. The Hall–Kier alpha value is -0.276. The van der Waals surface area contributed by atoms with Crippen molar-refractivity contribution in [1.82, 2.24) is 14.5 Å². The third kappa shape index (κ3) is 1.49. The molecule has 0 aromatic carbocycles. The summed E-state index contributed by atoms with van der Waals surface area (Å²) >= 11 is 0. The summed E-state index contributed by atoms with van der Waals surface area (Å²) in [4.78, 5) is 7.74. The second-order valence-corrected chi connectivity index (χ2v) is 2.18. The first-order chi connectivity index (χ1) is 4.88. The van der Waals surface area contributed by atoms with E-state index in [9.17, 15) is 0 Å². The van der Waals surface area contributed by atoms with Crippen molar-refractivity contribution in [2.45, 2.75) is 0 Å². The summed E-state index contributed by atoms with van der Waals surface area (Å²) in [6, 6.07) is 1.98. The average Bonchev–Trinajstić information content (AvgIpc) is 2.34. The van der Waals surface area contributed by atoms with E-state index < -0.39 is 0 Å². The molecule has 0 N–H and O–H groups in total. The second kappa shape index (κ2) is 3.41. The molecule has 0 aliphatic heterocycles. The van der Waals surface area contributed by atoms with E-state index in [0.29, 0.717) is 0 Å². The van der Waals surface area contributed by atoms with Crippen LogP contribution in [0.1, 0.15) is 0 Å². The Morgan fingerprint density at radius 2 is 2.36 bits per heavy atom. The zero-order valence-electron chi connectivity index (χ0n) is 6.15. The number of fused-ring (bicyclic) bond motifs is 1. The molecule has 2 rings (SSSR count). The van der Waals surface area contributed by atoms with Crippen LogP contribution in [0.5, 0.6) is 0 Å². The Labute approximate surface area is 89.7 Å². The maximum atomic E-state index is 3.97. The van der Waals surface area contributed by atoms with Crippen LogP contribution in [0.2, 0.25) is 0 Å². The number of hydrogen-bond acceptors (Lipinski definition) is 2. The molecule has 0 atom stereocenters. The molecule has 0 fully saturated rings. The maximum Gasteiger partial charge on any atom is 0.0281 e. The number of aromatic nitrogens is 3. The van der Waals surface area contributed by atoms with E-state index in [4.69, 9.17) is 0 Å². The molecule has 0 spiro atoms. The van der Waals surface area contributed by atoms with Gasteiger partial charge in [0.15, 0.2) is 0 Å². The molecule has 0 unspecified atom stereocenters. The summed E-state index contributed by atoms with van der Waals surface area (Å²) in [6.07, 6.45) is 6.25. The minimum atomic E-state index is 0. The summed E-state index contributed by atoms with van der Waals surface area (Å²) in [7, 11) is 1.95. The fourth-order valence-corrected chi connectivity index (χ4v) is 0.960. The summed E-state index contributed by atoms with van der Waals surface area (Å²) in [5.74, 6) is 0. The van der Waals surface area contributed by atoms with E-state index in [-0.39, 0.29) is 32.7 Å². The molecule has 0 aliphatic carbocycles. The summed E-state index contributed by atoms with van der Waals surface area (Å²) in [5, 5.41) is 1.06. The van der Waals surface area contributed by atoms with Crippen molar-refractivity contribution in [3.63, 3.8) is 0 Å².